The molecule has 0 aromatic heterocycles. The molecule has 0 aliphatic heterocycles. The minimum absolute atomic E-state index is 0.0246. The number of aromatic hydroxyl groups is 2. The Bertz CT molecular complexity index is 1050. The molecule has 2 nitrogen and oxygen atoms in total. The fourth-order valence-electron chi connectivity index (χ4n) is 5.96. The molecule has 0 atom stereocenters. The van der Waals surface area contributed by atoms with E-state index >= 15 is 0 Å². The molecule has 3 rings (SSSR count). The van der Waals surface area contributed by atoms with Crippen molar-refractivity contribution < 1.29 is 10.2 Å². The average Bonchev–Trinajstić information content (AvgIpc) is 2.66. The highest BCUT2D eigenvalue weighted by Crippen LogP contribution is 2.54. The van der Waals surface area contributed by atoms with Crippen LogP contribution in [-0.4, -0.2) is 10.2 Å². The SMILES string of the molecule is CC1=C(C(c2cc(C)cc(C(C)(C)C)c2O)c2cc(C)cc(C(C)(C)C)c2O)C(C)(C)CCC1. The number of aryl methyl sites for hydroxylation is 2. The van der Waals surface area contributed by atoms with Gasteiger partial charge in [-0.1, -0.05) is 102 Å². The summed E-state index contributed by atoms with van der Waals surface area (Å²) in [6.07, 6.45) is 3.34. The first-order valence-electron chi connectivity index (χ1n) is 12.8. The van der Waals surface area contributed by atoms with Crippen LogP contribution in [-0.2, 0) is 10.8 Å². The lowest BCUT2D eigenvalue weighted by atomic mass is 9.64. The normalized spacial score (nSPS) is 16.9. The molecule has 0 radical (unpaired) electrons. The third kappa shape index (κ3) is 4.92. The third-order valence-corrected chi connectivity index (χ3v) is 7.64. The largest absolute Gasteiger partial charge is 0.507 e. The van der Waals surface area contributed by atoms with Gasteiger partial charge in [0.15, 0.2) is 0 Å². The van der Waals surface area contributed by atoms with Gasteiger partial charge in [0.2, 0.25) is 0 Å². The molecule has 1 aliphatic carbocycles. The molecular weight excluding hydrogens is 416 g/mol. The number of benzene rings is 2. The second-order valence-electron chi connectivity index (χ2n) is 13.4. The Balaban J connectivity index is 2.49. The van der Waals surface area contributed by atoms with Gasteiger partial charge in [0.05, 0.1) is 0 Å². The van der Waals surface area contributed by atoms with Crippen molar-refractivity contribution in [3.8, 4) is 11.5 Å². The average molecular weight is 463 g/mol. The molecule has 2 N–H and O–H groups in total. The molecule has 34 heavy (non-hydrogen) atoms. The lowest BCUT2D eigenvalue weighted by molar-refractivity contribution is 0.345. The first kappa shape index (κ1) is 26.4. The van der Waals surface area contributed by atoms with Crippen molar-refractivity contribution >= 4 is 0 Å². The Labute approximate surface area is 208 Å². The summed E-state index contributed by atoms with van der Waals surface area (Å²) >= 11 is 0. The molecule has 0 saturated carbocycles. The predicted molar refractivity (Wildman–Crippen MR) is 145 cm³/mol. The van der Waals surface area contributed by atoms with Crippen molar-refractivity contribution in [1.29, 1.82) is 0 Å². The van der Waals surface area contributed by atoms with E-state index in [1.807, 2.05) is 0 Å². The van der Waals surface area contributed by atoms with Crippen LogP contribution in [0.3, 0.4) is 0 Å². The molecule has 0 heterocycles. The second-order valence-corrected chi connectivity index (χ2v) is 13.4. The van der Waals surface area contributed by atoms with Gasteiger partial charge in [0.1, 0.15) is 11.5 Å². The summed E-state index contributed by atoms with van der Waals surface area (Å²) in [5, 5.41) is 23.5. The predicted octanol–water partition coefficient (Wildman–Crippen LogP) is 8.97. The maximum Gasteiger partial charge on any atom is 0.123 e. The van der Waals surface area contributed by atoms with Crippen molar-refractivity contribution in [2.75, 3.05) is 0 Å². The summed E-state index contributed by atoms with van der Waals surface area (Å²) in [5.41, 5.74) is 8.35. The molecule has 2 heteroatoms. The van der Waals surface area contributed by atoms with Crippen LogP contribution in [0.2, 0.25) is 0 Å². The van der Waals surface area contributed by atoms with Crippen molar-refractivity contribution in [1.82, 2.24) is 0 Å². The number of phenols is 2. The monoisotopic (exact) mass is 462 g/mol. The minimum atomic E-state index is -0.197. The zero-order valence-electron chi connectivity index (χ0n) is 23.4. The summed E-state index contributed by atoms with van der Waals surface area (Å²) in [4.78, 5) is 0. The molecule has 0 bridgehead atoms. The van der Waals surface area contributed by atoms with E-state index in [-0.39, 0.29) is 22.2 Å². The van der Waals surface area contributed by atoms with Crippen LogP contribution in [0, 0.1) is 19.3 Å². The summed E-state index contributed by atoms with van der Waals surface area (Å²) < 4.78 is 0. The van der Waals surface area contributed by atoms with Crippen molar-refractivity contribution in [2.24, 2.45) is 5.41 Å². The Morgan fingerprint density at radius 3 is 1.50 bits per heavy atom. The maximum atomic E-state index is 11.8. The van der Waals surface area contributed by atoms with E-state index in [1.165, 1.54) is 17.6 Å². The molecule has 186 valence electrons. The van der Waals surface area contributed by atoms with Crippen molar-refractivity contribution in [3.63, 3.8) is 0 Å². The zero-order valence-corrected chi connectivity index (χ0v) is 23.4. The van der Waals surface area contributed by atoms with Crippen LogP contribution in [0.25, 0.3) is 0 Å². The summed E-state index contributed by atoms with van der Waals surface area (Å²) in [7, 11) is 0. The Hall–Kier alpha value is -2.22. The van der Waals surface area contributed by atoms with Gasteiger partial charge in [0, 0.05) is 17.0 Å². The number of hydrogen-bond donors (Lipinski definition) is 2. The molecule has 0 saturated heterocycles. The van der Waals surface area contributed by atoms with Crippen LogP contribution >= 0.6 is 0 Å². The van der Waals surface area contributed by atoms with Crippen LogP contribution in [0.4, 0.5) is 0 Å². The Kier molecular flexibility index (Phi) is 6.81. The Morgan fingerprint density at radius 1 is 0.735 bits per heavy atom. The van der Waals surface area contributed by atoms with E-state index in [4.69, 9.17) is 0 Å². The third-order valence-electron chi connectivity index (χ3n) is 7.64. The van der Waals surface area contributed by atoms with Gasteiger partial charge < -0.3 is 10.2 Å². The van der Waals surface area contributed by atoms with Gasteiger partial charge in [-0.25, -0.2) is 0 Å². The van der Waals surface area contributed by atoms with Crippen LogP contribution in [0.5, 0.6) is 11.5 Å². The smallest absolute Gasteiger partial charge is 0.123 e. The van der Waals surface area contributed by atoms with Crippen molar-refractivity contribution in [3.05, 3.63) is 68.8 Å². The van der Waals surface area contributed by atoms with Crippen LogP contribution < -0.4 is 0 Å². The van der Waals surface area contributed by atoms with Gasteiger partial charge in [-0.05, 0) is 67.4 Å². The van der Waals surface area contributed by atoms with Crippen LogP contribution in [0.1, 0.15) is 121 Å². The highest BCUT2D eigenvalue weighted by atomic mass is 16.3. The van der Waals surface area contributed by atoms with E-state index in [0.717, 1.165) is 46.2 Å². The van der Waals surface area contributed by atoms with Gasteiger partial charge in [-0.3, -0.25) is 0 Å². The van der Waals surface area contributed by atoms with Gasteiger partial charge in [0.25, 0.3) is 0 Å². The van der Waals surface area contributed by atoms with Crippen molar-refractivity contribution in [2.45, 2.75) is 112 Å². The van der Waals surface area contributed by atoms with E-state index in [0.29, 0.717) is 11.5 Å². The quantitative estimate of drug-likeness (QED) is 0.447. The van der Waals surface area contributed by atoms with Gasteiger partial charge in [-0.2, -0.15) is 0 Å². The van der Waals surface area contributed by atoms with Gasteiger partial charge >= 0.3 is 0 Å². The molecule has 1 aliphatic rings. The molecule has 0 unspecified atom stereocenters. The topological polar surface area (TPSA) is 40.5 Å². The molecule has 2 aromatic carbocycles. The molecule has 0 amide bonds. The summed E-state index contributed by atoms with van der Waals surface area (Å²) in [6, 6.07) is 8.50. The zero-order chi connectivity index (χ0) is 25.8. The first-order chi connectivity index (χ1) is 15.4. The minimum Gasteiger partial charge on any atom is -0.507 e. The number of phenolic OH excluding ortho intramolecular Hbond substituents is 2. The fourth-order valence-corrected chi connectivity index (χ4v) is 5.96. The molecule has 0 spiro atoms. The summed E-state index contributed by atoms with van der Waals surface area (Å²) in [5.74, 6) is 0.531. The van der Waals surface area contributed by atoms with E-state index in [9.17, 15) is 10.2 Å². The number of allylic oxidation sites excluding steroid dienone is 2. The second kappa shape index (κ2) is 8.77. The van der Waals surface area contributed by atoms with E-state index < -0.39 is 0 Å². The first-order valence-corrected chi connectivity index (χ1v) is 12.8. The highest BCUT2D eigenvalue weighted by Gasteiger charge is 2.39. The Morgan fingerprint density at radius 2 is 1.15 bits per heavy atom. The standard InChI is InChI=1S/C32H46O2/c1-19-15-22(28(33)24(17-19)30(4,5)6)26(27-21(3)13-12-14-32(27,10)11)23-16-20(2)18-25(29(23)34)31(7,8)9/h15-18,26,33-34H,12-14H2,1-11H3. The van der Waals surface area contributed by atoms with E-state index in [2.05, 4.69) is 100 Å². The van der Waals surface area contributed by atoms with Crippen LogP contribution in [0.15, 0.2) is 35.4 Å². The molecule has 2 aromatic rings. The number of rotatable bonds is 3. The maximum absolute atomic E-state index is 11.8. The number of hydrogen-bond acceptors (Lipinski definition) is 2. The molecular formula is C32H46O2. The van der Waals surface area contributed by atoms with Gasteiger partial charge in [-0.15, -0.1) is 0 Å². The lowest BCUT2D eigenvalue weighted by Gasteiger charge is -2.41. The lowest BCUT2D eigenvalue weighted by Crippen LogP contribution is -2.27. The highest BCUT2D eigenvalue weighted by molar-refractivity contribution is 5.60. The summed E-state index contributed by atoms with van der Waals surface area (Å²) in [6.45, 7) is 24.0. The van der Waals surface area contributed by atoms with E-state index in [1.54, 1.807) is 0 Å². The fraction of sp³-hybridized carbons (Fsp3) is 0.562. The molecule has 0 fully saturated rings.